The normalized spacial score (nSPS) is 18.5. The summed E-state index contributed by atoms with van der Waals surface area (Å²) in [7, 11) is 0. The third-order valence-corrected chi connectivity index (χ3v) is 2.95. The minimum absolute atomic E-state index is 0.382. The topological polar surface area (TPSA) is 94.3 Å². The molecule has 19 heavy (non-hydrogen) atoms. The molecule has 1 aromatic heterocycles. The lowest BCUT2D eigenvalue weighted by Gasteiger charge is -2.12. The zero-order valence-electron chi connectivity index (χ0n) is 11.2. The molecular weight excluding hydrogens is 246 g/mol. The summed E-state index contributed by atoms with van der Waals surface area (Å²) >= 11 is 0. The second-order valence-corrected chi connectivity index (χ2v) is 4.45. The molecule has 1 atom stereocenters. The van der Waals surface area contributed by atoms with Gasteiger partial charge < -0.3 is 20.2 Å². The van der Waals surface area contributed by atoms with Crippen molar-refractivity contribution in [1.82, 2.24) is 9.97 Å². The van der Waals surface area contributed by atoms with Gasteiger partial charge in [-0.05, 0) is 13.3 Å². The van der Waals surface area contributed by atoms with Crippen molar-refractivity contribution in [2.75, 3.05) is 37.1 Å². The van der Waals surface area contributed by atoms with E-state index in [9.17, 15) is 0 Å². The predicted octanol–water partition coefficient (Wildman–Crippen LogP) is 0.747. The van der Waals surface area contributed by atoms with E-state index in [1.54, 1.807) is 6.07 Å². The number of anilines is 2. The van der Waals surface area contributed by atoms with Crippen molar-refractivity contribution < 1.29 is 9.47 Å². The van der Waals surface area contributed by atoms with Gasteiger partial charge in [-0.1, -0.05) is 0 Å². The van der Waals surface area contributed by atoms with Gasteiger partial charge in [0.15, 0.2) is 5.82 Å². The van der Waals surface area contributed by atoms with Crippen LogP contribution in [-0.4, -0.2) is 36.3 Å². The van der Waals surface area contributed by atoms with Gasteiger partial charge >= 0.3 is 0 Å². The summed E-state index contributed by atoms with van der Waals surface area (Å²) in [5.74, 6) is 7.89. The fourth-order valence-electron chi connectivity index (χ4n) is 1.91. The van der Waals surface area contributed by atoms with Gasteiger partial charge in [0, 0.05) is 31.7 Å². The van der Waals surface area contributed by atoms with Crippen molar-refractivity contribution in [3.63, 3.8) is 0 Å². The first-order valence-electron chi connectivity index (χ1n) is 6.55. The Hall–Kier alpha value is -1.44. The Bertz CT molecular complexity index is 396. The summed E-state index contributed by atoms with van der Waals surface area (Å²) in [6, 6.07) is 1.78. The molecule has 0 aromatic carbocycles. The molecule has 1 aromatic rings. The monoisotopic (exact) mass is 267 g/mol. The number of nitrogens with one attached hydrogen (secondary N) is 2. The Kier molecular flexibility index (Phi) is 5.31. The van der Waals surface area contributed by atoms with Crippen LogP contribution in [0, 0.1) is 5.92 Å². The van der Waals surface area contributed by atoms with Crippen LogP contribution in [0.2, 0.25) is 0 Å². The molecule has 7 nitrogen and oxygen atoms in total. The molecule has 0 radical (unpaired) electrons. The van der Waals surface area contributed by atoms with E-state index >= 15 is 0 Å². The fraction of sp³-hybridized carbons (Fsp3) is 0.667. The van der Waals surface area contributed by atoms with Crippen molar-refractivity contribution in [2.24, 2.45) is 11.8 Å². The molecule has 0 amide bonds. The van der Waals surface area contributed by atoms with E-state index in [-0.39, 0.29) is 0 Å². The molecule has 106 valence electrons. The molecule has 0 spiro atoms. The molecule has 0 saturated carbocycles. The number of rotatable bonds is 7. The van der Waals surface area contributed by atoms with Crippen LogP contribution in [0.1, 0.15) is 19.2 Å². The zero-order chi connectivity index (χ0) is 13.5. The first-order chi connectivity index (χ1) is 9.31. The second kappa shape index (κ2) is 7.22. The molecule has 2 rings (SSSR count). The number of nitrogens with two attached hydrogens (primary N) is 1. The third-order valence-electron chi connectivity index (χ3n) is 2.95. The fourth-order valence-corrected chi connectivity index (χ4v) is 1.91. The van der Waals surface area contributed by atoms with E-state index in [0.717, 1.165) is 32.0 Å². The highest BCUT2D eigenvalue weighted by atomic mass is 16.5. The number of nitrogens with zero attached hydrogens (tertiary/aromatic N) is 2. The molecular formula is C12H21N5O2. The maximum absolute atomic E-state index is 5.41. The van der Waals surface area contributed by atoms with Crippen molar-refractivity contribution in [3.8, 4) is 0 Å². The van der Waals surface area contributed by atoms with Crippen LogP contribution in [0.25, 0.3) is 0 Å². The summed E-state index contributed by atoms with van der Waals surface area (Å²) in [5.41, 5.74) is 2.54. The summed E-state index contributed by atoms with van der Waals surface area (Å²) in [5, 5.41) is 3.30. The van der Waals surface area contributed by atoms with Gasteiger partial charge in [-0.3, -0.25) is 0 Å². The Labute approximate surface area is 112 Å². The summed E-state index contributed by atoms with van der Waals surface area (Å²) in [4.78, 5) is 8.63. The average Bonchev–Trinajstić information content (AvgIpc) is 2.96. The van der Waals surface area contributed by atoms with Crippen LogP contribution >= 0.6 is 0 Å². The highest BCUT2D eigenvalue weighted by Gasteiger charge is 2.15. The maximum atomic E-state index is 5.41. The molecule has 1 aliphatic heterocycles. The second-order valence-electron chi connectivity index (χ2n) is 4.45. The lowest BCUT2D eigenvalue weighted by atomic mass is 10.1. The molecule has 4 N–H and O–H groups in total. The van der Waals surface area contributed by atoms with Gasteiger partial charge in [0.2, 0.25) is 0 Å². The number of aromatic nitrogens is 2. The van der Waals surface area contributed by atoms with Gasteiger partial charge in [-0.15, -0.1) is 0 Å². The van der Waals surface area contributed by atoms with Gasteiger partial charge in [0.25, 0.3) is 0 Å². The lowest BCUT2D eigenvalue weighted by Crippen LogP contribution is -2.17. The first-order valence-corrected chi connectivity index (χ1v) is 6.55. The number of hydrazine groups is 1. The minimum Gasteiger partial charge on any atom is -0.381 e. The Morgan fingerprint density at radius 3 is 3.00 bits per heavy atom. The van der Waals surface area contributed by atoms with Crippen LogP contribution in [-0.2, 0) is 16.1 Å². The van der Waals surface area contributed by atoms with E-state index in [1.165, 1.54) is 0 Å². The molecule has 1 saturated heterocycles. The first kappa shape index (κ1) is 14.0. The van der Waals surface area contributed by atoms with Gasteiger partial charge in [-0.25, -0.2) is 15.8 Å². The van der Waals surface area contributed by atoms with E-state index in [4.69, 9.17) is 15.3 Å². The maximum Gasteiger partial charge on any atom is 0.158 e. The van der Waals surface area contributed by atoms with Crippen molar-refractivity contribution in [1.29, 1.82) is 0 Å². The molecule has 0 aliphatic carbocycles. The van der Waals surface area contributed by atoms with Crippen LogP contribution in [0.3, 0.4) is 0 Å². The molecule has 1 fully saturated rings. The Morgan fingerprint density at radius 2 is 2.32 bits per heavy atom. The largest absolute Gasteiger partial charge is 0.381 e. The molecule has 0 bridgehead atoms. The molecule has 2 heterocycles. The third kappa shape index (κ3) is 4.30. The van der Waals surface area contributed by atoms with E-state index in [0.29, 0.717) is 30.8 Å². The highest BCUT2D eigenvalue weighted by molar-refractivity contribution is 5.46. The van der Waals surface area contributed by atoms with E-state index < -0.39 is 0 Å². The van der Waals surface area contributed by atoms with E-state index in [2.05, 4.69) is 20.7 Å². The standard InChI is InChI=1S/C12H21N5O2/c1-2-18-8-12-15-10(5-11(16-12)17-13)14-6-9-3-4-19-7-9/h5,9H,2-4,6-8,13H2,1H3,(H2,14,15,16,17). The summed E-state index contributed by atoms with van der Waals surface area (Å²) in [6.07, 6.45) is 1.09. The van der Waals surface area contributed by atoms with Crippen LogP contribution in [0.15, 0.2) is 6.07 Å². The van der Waals surface area contributed by atoms with Crippen LogP contribution in [0.5, 0.6) is 0 Å². The van der Waals surface area contributed by atoms with Crippen molar-refractivity contribution >= 4 is 11.6 Å². The number of hydrogen-bond acceptors (Lipinski definition) is 7. The van der Waals surface area contributed by atoms with Crippen LogP contribution < -0.4 is 16.6 Å². The lowest BCUT2D eigenvalue weighted by molar-refractivity contribution is 0.128. The zero-order valence-corrected chi connectivity index (χ0v) is 11.2. The van der Waals surface area contributed by atoms with Gasteiger partial charge in [-0.2, -0.15) is 0 Å². The van der Waals surface area contributed by atoms with Crippen molar-refractivity contribution in [3.05, 3.63) is 11.9 Å². The molecule has 1 aliphatic rings. The quantitative estimate of drug-likeness (QED) is 0.495. The smallest absolute Gasteiger partial charge is 0.158 e. The minimum atomic E-state index is 0.382. The Balaban J connectivity index is 1.96. The van der Waals surface area contributed by atoms with Gasteiger partial charge in [0.05, 0.1) is 6.61 Å². The summed E-state index contributed by atoms with van der Waals surface area (Å²) < 4.78 is 10.7. The average molecular weight is 267 g/mol. The van der Waals surface area contributed by atoms with E-state index in [1.807, 2.05) is 6.92 Å². The predicted molar refractivity (Wildman–Crippen MR) is 72.6 cm³/mol. The SMILES string of the molecule is CCOCc1nc(NN)cc(NCC2CCOC2)n1. The molecule has 7 heteroatoms. The van der Waals surface area contributed by atoms with Crippen molar-refractivity contribution in [2.45, 2.75) is 20.0 Å². The van der Waals surface area contributed by atoms with Gasteiger partial charge in [0.1, 0.15) is 18.2 Å². The number of nitrogen functional groups attached to an aromatic ring is 1. The number of ether oxygens (including phenoxy) is 2. The molecule has 1 unspecified atom stereocenters. The number of hydrogen-bond donors (Lipinski definition) is 3. The Morgan fingerprint density at radius 1 is 1.47 bits per heavy atom. The summed E-state index contributed by atoms with van der Waals surface area (Å²) in [6.45, 7) is 5.45. The van der Waals surface area contributed by atoms with Crippen LogP contribution in [0.4, 0.5) is 11.6 Å². The highest BCUT2D eigenvalue weighted by Crippen LogP contribution is 2.15.